The van der Waals surface area contributed by atoms with Gasteiger partial charge in [0, 0.05) is 35.2 Å². The van der Waals surface area contributed by atoms with E-state index in [0.29, 0.717) is 34.7 Å². The summed E-state index contributed by atoms with van der Waals surface area (Å²) in [4.78, 5) is 2.23. The van der Waals surface area contributed by atoms with E-state index in [-0.39, 0.29) is 5.60 Å². The fourth-order valence-corrected chi connectivity index (χ4v) is 4.20. The Labute approximate surface area is 165 Å². The number of rotatable bonds is 2. The summed E-state index contributed by atoms with van der Waals surface area (Å²) in [7, 11) is 0. The van der Waals surface area contributed by atoms with Crippen molar-refractivity contribution in [3.05, 3.63) is 40.4 Å². The highest BCUT2D eigenvalue weighted by Gasteiger charge is 2.40. The highest BCUT2D eigenvalue weighted by molar-refractivity contribution is 6.35. The van der Waals surface area contributed by atoms with Crippen LogP contribution < -0.4 is 4.90 Å². The third-order valence-corrected chi connectivity index (χ3v) is 5.45. The lowest BCUT2D eigenvalue weighted by atomic mass is 10.0. The molecular formula is C18H17Cl2N5O2. The molecular weight excluding hydrogens is 389 g/mol. The zero-order chi connectivity index (χ0) is 18.4. The van der Waals surface area contributed by atoms with E-state index in [4.69, 9.17) is 37.8 Å². The van der Waals surface area contributed by atoms with Gasteiger partial charge >= 0.3 is 0 Å². The Morgan fingerprint density at radius 1 is 1.04 bits per heavy atom. The van der Waals surface area contributed by atoms with Crippen molar-refractivity contribution in [2.75, 3.05) is 37.8 Å². The van der Waals surface area contributed by atoms with E-state index in [2.05, 4.69) is 15.1 Å². The standard InChI is InChI=1S/C18H17Cl2N5O2/c19-13-7-12(8-14(20)9-13)17-22-21-15-1-2-16(23-25(15)17)24-4-6-27-18(10-24)3-5-26-11-18/h1-2,7-9H,3-6,10-11H2. The maximum atomic E-state index is 6.14. The van der Waals surface area contributed by atoms with Crippen LogP contribution in [0.2, 0.25) is 10.0 Å². The fourth-order valence-electron chi connectivity index (χ4n) is 3.68. The Balaban J connectivity index is 1.53. The van der Waals surface area contributed by atoms with Crippen LogP contribution in [0.3, 0.4) is 0 Å². The minimum atomic E-state index is -0.231. The molecule has 2 fully saturated rings. The van der Waals surface area contributed by atoms with Gasteiger partial charge in [0.1, 0.15) is 11.4 Å². The van der Waals surface area contributed by atoms with Crippen molar-refractivity contribution in [2.24, 2.45) is 0 Å². The number of halogens is 2. The van der Waals surface area contributed by atoms with Gasteiger partial charge in [-0.3, -0.25) is 0 Å². The number of hydrogen-bond donors (Lipinski definition) is 0. The molecule has 2 aromatic heterocycles. The van der Waals surface area contributed by atoms with Crippen LogP contribution in [0, 0.1) is 0 Å². The monoisotopic (exact) mass is 405 g/mol. The van der Waals surface area contributed by atoms with Crippen molar-refractivity contribution in [3.63, 3.8) is 0 Å². The summed E-state index contributed by atoms with van der Waals surface area (Å²) < 4.78 is 13.3. The Morgan fingerprint density at radius 2 is 1.89 bits per heavy atom. The summed E-state index contributed by atoms with van der Waals surface area (Å²) in [6.45, 7) is 3.56. The molecule has 0 saturated carbocycles. The van der Waals surface area contributed by atoms with Gasteiger partial charge in [-0.05, 0) is 30.3 Å². The maximum absolute atomic E-state index is 6.14. The predicted octanol–water partition coefficient (Wildman–Crippen LogP) is 3.09. The predicted molar refractivity (Wildman–Crippen MR) is 103 cm³/mol. The minimum absolute atomic E-state index is 0.231. The van der Waals surface area contributed by atoms with Gasteiger partial charge in [0.05, 0.1) is 19.8 Å². The minimum Gasteiger partial charge on any atom is -0.378 e. The molecule has 27 heavy (non-hydrogen) atoms. The quantitative estimate of drug-likeness (QED) is 0.652. The van der Waals surface area contributed by atoms with Crippen LogP contribution in [-0.2, 0) is 9.47 Å². The van der Waals surface area contributed by atoms with Gasteiger partial charge in [-0.1, -0.05) is 23.2 Å². The molecule has 0 radical (unpaired) electrons. The van der Waals surface area contributed by atoms with Crippen LogP contribution in [0.4, 0.5) is 5.82 Å². The number of fused-ring (bicyclic) bond motifs is 1. The Morgan fingerprint density at radius 3 is 2.67 bits per heavy atom. The van der Waals surface area contributed by atoms with Crippen molar-refractivity contribution >= 4 is 34.7 Å². The van der Waals surface area contributed by atoms with Crippen LogP contribution in [0.1, 0.15) is 6.42 Å². The third-order valence-electron chi connectivity index (χ3n) is 5.01. The first-order valence-corrected chi connectivity index (χ1v) is 9.53. The smallest absolute Gasteiger partial charge is 0.185 e. The summed E-state index contributed by atoms with van der Waals surface area (Å²) in [5.74, 6) is 1.45. The Bertz CT molecular complexity index is 982. The molecule has 0 bridgehead atoms. The highest BCUT2D eigenvalue weighted by atomic mass is 35.5. The summed E-state index contributed by atoms with van der Waals surface area (Å²) in [5.41, 5.74) is 1.20. The van der Waals surface area contributed by atoms with Gasteiger partial charge in [0.15, 0.2) is 11.5 Å². The van der Waals surface area contributed by atoms with E-state index in [1.165, 1.54) is 0 Å². The second kappa shape index (κ2) is 6.60. The summed E-state index contributed by atoms with van der Waals surface area (Å²) in [6.07, 6.45) is 0.907. The second-order valence-corrected chi connectivity index (χ2v) is 7.77. The van der Waals surface area contributed by atoms with Gasteiger partial charge in [-0.2, -0.15) is 4.52 Å². The van der Waals surface area contributed by atoms with Crippen molar-refractivity contribution in [1.82, 2.24) is 19.8 Å². The van der Waals surface area contributed by atoms with Crippen LogP contribution in [0.15, 0.2) is 30.3 Å². The van der Waals surface area contributed by atoms with Crippen molar-refractivity contribution in [2.45, 2.75) is 12.0 Å². The molecule has 4 heterocycles. The zero-order valence-corrected chi connectivity index (χ0v) is 15.9. The molecule has 0 aliphatic carbocycles. The van der Waals surface area contributed by atoms with Gasteiger partial charge in [0.25, 0.3) is 0 Å². The number of benzene rings is 1. The van der Waals surface area contributed by atoms with Crippen LogP contribution in [-0.4, -0.2) is 58.3 Å². The van der Waals surface area contributed by atoms with E-state index in [1.807, 2.05) is 12.1 Å². The topological polar surface area (TPSA) is 64.8 Å². The van der Waals surface area contributed by atoms with E-state index in [1.54, 1.807) is 22.7 Å². The van der Waals surface area contributed by atoms with Crippen LogP contribution >= 0.6 is 23.2 Å². The molecule has 2 aliphatic rings. The SMILES string of the molecule is Clc1cc(Cl)cc(-c2nnc3ccc(N4CCOC5(CCOC5)C4)nn23)c1. The molecule has 3 aromatic rings. The van der Waals surface area contributed by atoms with E-state index < -0.39 is 0 Å². The van der Waals surface area contributed by atoms with Gasteiger partial charge in [-0.15, -0.1) is 15.3 Å². The van der Waals surface area contributed by atoms with Crippen molar-refractivity contribution < 1.29 is 9.47 Å². The zero-order valence-electron chi connectivity index (χ0n) is 14.4. The average Bonchev–Trinajstić information content (AvgIpc) is 3.27. The van der Waals surface area contributed by atoms with Gasteiger partial charge in [-0.25, -0.2) is 0 Å². The summed E-state index contributed by atoms with van der Waals surface area (Å²) in [5, 5.41) is 14.4. The highest BCUT2D eigenvalue weighted by Crippen LogP contribution is 2.30. The number of aromatic nitrogens is 4. The molecule has 1 spiro atoms. The molecule has 9 heteroatoms. The lowest BCUT2D eigenvalue weighted by Crippen LogP contribution is -2.52. The van der Waals surface area contributed by atoms with Crippen molar-refractivity contribution in [1.29, 1.82) is 0 Å². The summed E-state index contributed by atoms with van der Waals surface area (Å²) >= 11 is 12.3. The molecule has 1 unspecified atom stereocenters. The molecule has 2 aliphatic heterocycles. The number of morpholine rings is 1. The molecule has 1 aromatic carbocycles. The number of hydrogen-bond acceptors (Lipinski definition) is 6. The van der Waals surface area contributed by atoms with Gasteiger partial charge < -0.3 is 14.4 Å². The maximum Gasteiger partial charge on any atom is 0.185 e. The summed E-state index contributed by atoms with van der Waals surface area (Å²) in [6, 6.07) is 9.17. The first-order chi connectivity index (χ1) is 13.1. The second-order valence-electron chi connectivity index (χ2n) is 6.90. The lowest BCUT2D eigenvalue weighted by molar-refractivity contribution is -0.0581. The van der Waals surface area contributed by atoms with Crippen LogP contribution in [0.25, 0.3) is 17.0 Å². The molecule has 2 saturated heterocycles. The van der Waals surface area contributed by atoms with E-state index in [0.717, 1.165) is 37.5 Å². The number of ether oxygens (including phenoxy) is 2. The molecule has 0 amide bonds. The first kappa shape index (κ1) is 17.2. The fraction of sp³-hybridized carbons (Fsp3) is 0.389. The molecule has 5 rings (SSSR count). The van der Waals surface area contributed by atoms with E-state index >= 15 is 0 Å². The van der Waals surface area contributed by atoms with Crippen molar-refractivity contribution in [3.8, 4) is 11.4 Å². The number of nitrogens with zero attached hydrogens (tertiary/aromatic N) is 5. The van der Waals surface area contributed by atoms with Gasteiger partial charge in [0.2, 0.25) is 0 Å². The molecule has 0 N–H and O–H groups in total. The molecule has 140 valence electrons. The Kier molecular flexibility index (Phi) is 4.20. The average molecular weight is 406 g/mol. The molecule has 1 atom stereocenters. The Hall–Kier alpha value is -1.93. The molecule has 7 nitrogen and oxygen atoms in total. The lowest BCUT2D eigenvalue weighted by Gasteiger charge is -2.39. The normalized spacial score (nSPS) is 22.8. The van der Waals surface area contributed by atoms with Crippen LogP contribution in [0.5, 0.6) is 0 Å². The first-order valence-electron chi connectivity index (χ1n) is 8.78. The van der Waals surface area contributed by atoms with E-state index in [9.17, 15) is 0 Å². The third kappa shape index (κ3) is 3.14. The largest absolute Gasteiger partial charge is 0.378 e. The number of anilines is 1.